The number of aromatic nitrogens is 2. The summed E-state index contributed by atoms with van der Waals surface area (Å²) in [5.41, 5.74) is 0.924. The molecule has 0 bridgehead atoms. The molecule has 1 aromatic heterocycles. The number of benzene rings is 3. The van der Waals surface area contributed by atoms with Crippen LogP contribution >= 0.6 is 0 Å². The summed E-state index contributed by atoms with van der Waals surface area (Å²) in [6.07, 6.45) is 0. The molecule has 3 aromatic carbocycles. The first-order valence-corrected chi connectivity index (χ1v) is 9.36. The topological polar surface area (TPSA) is 93.2 Å². The van der Waals surface area contributed by atoms with Gasteiger partial charge in [-0.3, -0.25) is 14.2 Å². The number of ether oxygens (including phenoxy) is 1. The van der Waals surface area contributed by atoms with Crippen LogP contribution in [0.15, 0.2) is 82.4 Å². The zero-order valence-electron chi connectivity index (χ0n) is 16.2. The molecule has 7 heteroatoms. The summed E-state index contributed by atoms with van der Waals surface area (Å²) < 4.78 is 6.67. The molecule has 4 aromatic rings. The van der Waals surface area contributed by atoms with Gasteiger partial charge in [-0.25, -0.2) is 4.79 Å². The monoisotopic (exact) mass is 401 g/mol. The van der Waals surface area contributed by atoms with Gasteiger partial charge in [0.15, 0.2) is 0 Å². The predicted molar refractivity (Wildman–Crippen MR) is 115 cm³/mol. The highest BCUT2D eigenvalue weighted by molar-refractivity contribution is 5.90. The molecule has 1 amide bonds. The fourth-order valence-electron chi connectivity index (χ4n) is 3.11. The average Bonchev–Trinajstić information content (AvgIpc) is 2.73. The smallest absolute Gasteiger partial charge is 0.329 e. The minimum atomic E-state index is -0.629. The molecule has 0 aliphatic carbocycles. The van der Waals surface area contributed by atoms with Crippen LogP contribution in [0.1, 0.15) is 5.56 Å². The minimum absolute atomic E-state index is 0.350. The number of amides is 1. The molecule has 150 valence electrons. The lowest BCUT2D eigenvalue weighted by molar-refractivity contribution is -0.116. The van der Waals surface area contributed by atoms with Crippen molar-refractivity contribution >= 4 is 22.5 Å². The second-order valence-corrected chi connectivity index (χ2v) is 6.86. The maximum atomic E-state index is 12.5. The van der Waals surface area contributed by atoms with E-state index in [1.807, 2.05) is 31.2 Å². The summed E-state index contributed by atoms with van der Waals surface area (Å²) in [4.78, 5) is 39.7. The van der Waals surface area contributed by atoms with Crippen LogP contribution < -0.4 is 21.3 Å². The summed E-state index contributed by atoms with van der Waals surface area (Å²) in [5.74, 6) is 0.868. The van der Waals surface area contributed by atoms with Crippen LogP contribution in [-0.2, 0) is 11.3 Å². The van der Waals surface area contributed by atoms with Gasteiger partial charge in [0.05, 0.1) is 10.9 Å². The van der Waals surface area contributed by atoms with E-state index in [2.05, 4.69) is 10.3 Å². The van der Waals surface area contributed by atoms with Crippen molar-refractivity contribution in [3.05, 3.63) is 99.2 Å². The zero-order chi connectivity index (χ0) is 21.1. The van der Waals surface area contributed by atoms with E-state index in [9.17, 15) is 14.4 Å². The number of carbonyl (C=O) groups excluding carboxylic acids is 1. The van der Waals surface area contributed by atoms with Gasteiger partial charge in [-0.2, -0.15) is 0 Å². The number of para-hydroxylation sites is 1. The molecule has 0 spiro atoms. The second kappa shape index (κ2) is 8.08. The number of fused-ring (bicyclic) bond motifs is 1. The van der Waals surface area contributed by atoms with Crippen molar-refractivity contribution in [3.8, 4) is 11.5 Å². The van der Waals surface area contributed by atoms with Crippen molar-refractivity contribution < 1.29 is 9.53 Å². The van der Waals surface area contributed by atoms with Gasteiger partial charge in [-0.15, -0.1) is 0 Å². The molecule has 2 N–H and O–H groups in total. The summed E-state index contributed by atoms with van der Waals surface area (Å²) in [7, 11) is 0. The van der Waals surface area contributed by atoms with E-state index < -0.39 is 17.2 Å². The Balaban J connectivity index is 1.46. The molecule has 0 fully saturated rings. The van der Waals surface area contributed by atoms with E-state index in [1.165, 1.54) is 0 Å². The normalized spacial score (nSPS) is 10.7. The third kappa shape index (κ3) is 4.15. The number of nitrogens with zero attached hydrogens (tertiary/aromatic N) is 1. The number of aromatic amines is 1. The second-order valence-electron chi connectivity index (χ2n) is 6.86. The summed E-state index contributed by atoms with van der Waals surface area (Å²) in [6.45, 7) is 1.60. The van der Waals surface area contributed by atoms with Crippen LogP contribution in [0.25, 0.3) is 10.9 Å². The van der Waals surface area contributed by atoms with Gasteiger partial charge in [0.25, 0.3) is 5.56 Å². The van der Waals surface area contributed by atoms with Gasteiger partial charge in [0.2, 0.25) is 5.91 Å². The van der Waals surface area contributed by atoms with Gasteiger partial charge in [-0.05, 0) is 61.0 Å². The van der Waals surface area contributed by atoms with Crippen LogP contribution in [0.4, 0.5) is 5.69 Å². The molecule has 0 radical (unpaired) electrons. The van der Waals surface area contributed by atoms with Crippen LogP contribution in [0.3, 0.4) is 0 Å². The molecule has 7 nitrogen and oxygen atoms in total. The lowest BCUT2D eigenvalue weighted by Gasteiger charge is -2.09. The van der Waals surface area contributed by atoms with Crippen LogP contribution in [-0.4, -0.2) is 15.5 Å². The van der Waals surface area contributed by atoms with Crippen LogP contribution in [0, 0.1) is 6.92 Å². The highest BCUT2D eigenvalue weighted by Gasteiger charge is 2.11. The van der Waals surface area contributed by atoms with E-state index >= 15 is 0 Å². The summed E-state index contributed by atoms with van der Waals surface area (Å²) in [5, 5.41) is 3.04. The van der Waals surface area contributed by atoms with Gasteiger partial charge in [0, 0.05) is 5.69 Å². The van der Waals surface area contributed by atoms with Crippen LogP contribution in [0.5, 0.6) is 11.5 Å². The maximum absolute atomic E-state index is 12.5. The van der Waals surface area contributed by atoms with Gasteiger partial charge >= 0.3 is 5.69 Å². The molecule has 0 saturated heterocycles. The first-order chi connectivity index (χ1) is 14.5. The Labute approximate surface area is 171 Å². The molecule has 0 unspecified atom stereocenters. The third-order valence-electron chi connectivity index (χ3n) is 4.55. The number of H-pyrrole nitrogens is 1. The van der Waals surface area contributed by atoms with E-state index in [0.717, 1.165) is 15.9 Å². The molecule has 0 saturated carbocycles. The number of anilines is 1. The Hall–Kier alpha value is -4.13. The average molecular weight is 401 g/mol. The Morgan fingerprint density at radius 3 is 2.50 bits per heavy atom. The Kier molecular flexibility index (Phi) is 5.17. The van der Waals surface area contributed by atoms with Crippen molar-refractivity contribution in [2.24, 2.45) is 0 Å². The highest BCUT2D eigenvalue weighted by Crippen LogP contribution is 2.23. The number of hydrogen-bond donors (Lipinski definition) is 2. The van der Waals surface area contributed by atoms with Crippen molar-refractivity contribution in [1.82, 2.24) is 9.55 Å². The van der Waals surface area contributed by atoms with Crippen molar-refractivity contribution in [2.75, 3.05) is 5.32 Å². The molecule has 0 aliphatic rings. The molecular formula is C23H19N3O4. The predicted octanol–water partition coefficient (Wildman–Crippen LogP) is 3.43. The Morgan fingerprint density at radius 2 is 1.73 bits per heavy atom. The number of carbonyl (C=O) groups is 1. The third-order valence-corrected chi connectivity index (χ3v) is 4.55. The maximum Gasteiger partial charge on any atom is 0.329 e. The molecule has 30 heavy (non-hydrogen) atoms. The summed E-state index contributed by atoms with van der Waals surface area (Å²) >= 11 is 0. The molecule has 4 rings (SSSR count). The largest absolute Gasteiger partial charge is 0.457 e. The van der Waals surface area contributed by atoms with Crippen molar-refractivity contribution in [1.29, 1.82) is 0 Å². The molecule has 0 aliphatic heterocycles. The Bertz CT molecular complexity index is 1340. The van der Waals surface area contributed by atoms with Crippen molar-refractivity contribution in [3.63, 3.8) is 0 Å². The minimum Gasteiger partial charge on any atom is -0.457 e. The Morgan fingerprint density at radius 1 is 0.967 bits per heavy atom. The fourth-order valence-corrected chi connectivity index (χ4v) is 3.11. The first kappa shape index (κ1) is 19.2. The zero-order valence-corrected chi connectivity index (χ0v) is 16.2. The molecular weight excluding hydrogens is 382 g/mol. The number of nitrogens with one attached hydrogen (secondary N) is 2. The molecule has 0 atom stereocenters. The summed E-state index contributed by atoms with van der Waals surface area (Å²) in [6, 6.07) is 21.2. The lowest BCUT2D eigenvalue weighted by atomic mass is 10.2. The standard InChI is InChI=1S/C23H19N3O4/c1-15-5-4-6-18(13-15)30-17-11-9-16(10-12-17)24-21(27)14-26-22(28)19-7-2-3-8-20(19)25-23(26)29/h2-13H,14H2,1H3,(H,24,27)(H,25,29). The van der Waals surface area contributed by atoms with Crippen LogP contribution in [0.2, 0.25) is 0 Å². The number of aryl methyl sites for hydroxylation is 1. The van der Waals surface area contributed by atoms with Gasteiger partial charge in [-0.1, -0.05) is 24.3 Å². The first-order valence-electron chi connectivity index (χ1n) is 9.36. The van der Waals surface area contributed by atoms with E-state index in [1.54, 1.807) is 48.5 Å². The van der Waals surface area contributed by atoms with E-state index in [0.29, 0.717) is 22.3 Å². The SMILES string of the molecule is Cc1cccc(Oc2ccc(NC(=O)Cn3c(=O)[nH]c4ccccc4c3=O)cc2)c1. The quantitative estimate of drug-likeness (QED) is 0.536. The van der Waals surface area contributed by atoms with E-state index in [-0.39, 0.29) is 6.54 Å². The lowest BCUT2D eigenvalue weighted by Crippen LogP contribution is -2.38. The van der Waals surface area contributed by atoms with Crippen molar-refractivity contribution in [2.45, 2.75) is 13.5 Å². The number of hydrogen-bond acceptors (Lipinski definition) is 4. The van der Waals surface area contributed by atoms with Gasteiger partial charge < -0.3 is 15.0 Å². The molecule has 1 heterocycles. The fraction of sp³-hybridized carbons (Fsp3) is 0.0870. The number of rotatable bonds is 5. The highest BCUT2D eigenvalue weighted by atomic mass is 16.5. The van der Waals surface area contributed by atoms with E-state index in [4.69, 9.17) is 4.74 Å². The van der Waals surface area contributed by atoms with Gasteiger partial charge in [0.1, 0.15) is 18.0 Å².